The molecule has 1 unspecified atom stereocenters. The Hall–Kier alpha value is -0.500. The van der Waals surface area contributed by atoms with Crippen LogP contribution in [0.1, 0.15) is 24.8 Å². The Labute approximate surface area is 107 Å². The van der Waals surface area contributed by atoms with E-state index in [0.29, 0.717) is 10.0 Å². The maximum atomic E-state index is 6.02. The van der Waals surface area contributed by atoms with Crippen LogP contribution in [-0.4, -0.2) is 6.04 Å². The minimum absolute atomic E-state index is 0.178. The molecular formula is C13H17Cl2N. The molecule has 88 valence electrons. The molecule has 0 radical (unpaired) electrons. The predicted octanol–water partition coefficient (Wildman–Crippen LogP) is 4.22. The molecule has 1 rings (SSSR count). The number of unbranched alkanes of at least 4 members (excludes halogenated alkanes) is 1. The van der Waals surface area contributed by atoms with Gasteiger partial charge >= 0.3 is 0 Å². The van der Waals surface area contributed by atoms with Crippen molar-refractivity contribution in [3.63, 3.8) is 0 Å². The first-order chi connectivity index (χ1) is 7.63. The van der Waals surface area contributed by atoms with Crippen LogP contribution in [0.5, 0.6) is 0 Å². The number of nitrogens with two attached hydrogens (primary N) is 1. The zero-order valence-electron chi connectivity index (χ0n) is 9.26. The quantitative estimate of drug-likeness (QED) is 0.600. The van der Waals surface area contributed by atoms with E-state index in [1.807, 2.05) is 24.3 Å². The van der Waals surface area contributed by atoms with E-state index in [9.17, 15) is 0 Å². The van der Waals surface area contributed by atoms with Crippen molar-refractivity contribution in [2.24, 2.45) is 5.73 Å². The summed E-state index contributed by atoms with van der Waals surface area (Å²) >= 11 is 11.8. The zero-order chi connectivity index (χ0) is 12.0. The molecule has 0 saturated carbocycles. The van der Waals surface area contributed by atoms with Gasteiger partial charge in [0, 0.05) is 6.04 Å². The predicted molar refractivity (Wildman–Crippen MR) is 72.2 cm³/mol. The zero-order valence-corrected chi connectivity index (χ0v) is 10.8. The van der Waals surface area contributed by atoms with Crippen molar-refractivity contribution < 1.29 is 0 Å². The van der Waals surface area contributed by atoms with Gasteiger partial charge in [-0.3, -0.25) is 0 Å². The molecule has 0 aliphatic carbocycles. The lowest BCUT2D eigenvalue weighted by atomic mass is 10.0. The molecular weight excluding hydrogens is 241 g/mol. The summed E-state index contributed by atoms with van der Waals surface area (Å²) in [6, 6.07) is 5.85. The van der Waals surface area contributed by atoms with Crippen LogP contribution in [0.3, 0.4) is 0 Å². The van der Waals surface area contributed by atoms with E-state index in [-0.39, 0.29) is 6.04 Å². The highest BCUT2D eigenvalue weighted by molar-refractivity contribution is 6.42. The van der Waals surface area contributed by atoms with Crippen LogP contribution in [0, 0.1) is 0 Å². The van der Waals surface area contributed by atoms with Crippen LogP contribution in [0.4, 0.5) is 0 Å². The lowest BCUT2D eigenvalue weighted by Gasteiger charge is -2.11. The van der Waals surface area contributed by atoms with E-state index in [0.717, 1.165) is 31.2 Å². The second-order valence-corrected chi connectivity index (χ2v) is 4.75. The van der Waals surface area contributed by atoms with Gasteiger partial charge in [-0.05, 0) is 43.4 Å². The first-order valence-corrected chi connectivity index (χ1v) is 6.19. The van der Waals surface area contributed by atoms with Crippen molar-refractivity contribution in [2.75, 3.05) is 0 Å². The molecule has 1 atom stereocenters. The van der Waals surface area contributed by atoms with Crippen LogP contribution in [-0.2, 0) is 6.42 Å². The molecule has 1 aromatic rings. The van der Waals surface area contributed by atoms with Gasteiger partial charge in [0.1, 0.15) is 0 Å². The van der Waals surface area contributed by atoms with Crippen LogP contribution in [0.25, 0.3) is 0 Å². The van der Waals surface area contributed by atoms with E-state index in [1.165, 1.54) is 0 Å². The Morgan fingerprint density at radius 1 is 1.31 bits per heavy atom. The normalized spacial score (nSPS) is 12.4. The molecule has 16 heavy (non-hydrogen) atoms. The fourth-order valence-corrected chi connectivity index (χ4v) is 1.92. The van der Waals surface area contributed by atoms with Gasteiger partial charge in [0.2, 0.25) is 0 Å². The van der Waals surface area contributed by atoms with Crippen molar-refractivity contribution in [3.8, 4) is 0 Å². The van der Waals surface area contributed by atoms with Gasteiger partial charge in [-0.15, -0.1) is 6.58 Å². The molecule has 3 heteroatoms. The summed E-state index contributed by atoms with van der Waals surface area (Å²) < 4.78 is 0. The van der Waals surface area contributed by atoms with E-state index in [1.54, 1.807) is 0 Å². The summed E-state index contributed by atoms with van der Waals surface area (Å²) in [5.41, 5.74) is 7.16. The molecule has 0 amide bonds. The Bertz CT molecular complexity index is 350. The second-order valence-electron chi connectivity index (χ2n) is 3.93. The van der Waals surface area contributed by atoms with Crippen molar-refractivity contribution >= 4 is 23.2 Å². The average Bonchev–Trinajstić information content (AvgIpc) is 2.24. The maximum Gasteiger partial charge on any atom is 0.0595 e. The molecule has 1 nitrogen and oxygen atoms in total. The molecule has 0 aliphatic rings. The Morgan fingerprint density at radius 3 is 2.69 bits per heavy atom. The highest BCUT2D eigenvalue weighted by Gasteiger charge is 2.05. The van der Waals surface area contributed by atoms with Gasteiger partial charge in [-0.1, -0.05) is 35.3 Å². The first kappa shape index (κ1) is 13.6. The minimum atomic E-state index is 0.178. The van der Waals surface area contributed by atoms with Gasteiger partial charge in [0.25, 0.3) is 0 Å². The van der Waals surface area contributed by atoms with Gasteiger partial charge in [-0.25, -0.2) is 0 Å². The number of benzene rings is 1. The molecule has 0 fully saturated rings. The number of hydrogen-bond acceptors (Lipinski definition) is 1. The average molecular weight is 258 g/mol. The van der Waals surface area contributed by atoms with Gasteiger partial charge < -0.3 is 5.73 Å². The summed E-state index contributed by atoms with van der Waals surface area (Å²) in [5, 5.41) is 1.18. The number of allylic oxidation sites excluding steroid dienone is 1. The topological polar surface area (TPSA) is 26.0 Å². The molecule has 0 heterocycles. The Morgan fingerprint density at radius 2 is 2.06 bits per heavy atom. The molecule has 0 spiro atoms. The summed E-state index contributed by atoms with van der Waals surface area (Å²) in [7, 11) is 0. The molecule has 0 bridgehead atoms. The highest BCUT2D eigenvalue weighted by atomic mass is 35.5. The summed E-state index contributed by atoms with van der Waals surface area (Å²) in [6.45, 7) is 3.69. The van der Waals surface area contributed by atoms with Gasteiger partial charge in [0.05, 0.1) is 10.0 Å². The highest BCUT2D eigenvalue weighted by Crippen LogP contribution is 2.23. The van der Waals surface area contributed by atoms with E-state index >= 15 is 0 Å². The number of halogens is 2. The van der Waals surface area contributed by atoms with Crippen LogP contribution in [0.15, 0.2) is 30.9 Å². The SMILES string of the molecule is C=CCCCC(N)Cc1ccc(Cl)c(Cl)c1. The van der Waals surface area contributed by atoms with Crippen LogP contribution >= 0.6 is 23.2 Å². The van der Waals surface area contributed by atoms with Crippen molar-refractivity contribution in [1.82, 2.24) is 0 Å². The van der Waals surface area contributed by atoms with Gasteiger partial charge in [-0.2, -0.15) is 0 Å². The Kier molecular flexibility index (Phi) is 5.89. The molecule has 0 aliphatic heterocycles. The molecule has 1 aromatic carbocycles. The maximum absolute atomic E-state index is 6.02. The van der Waals surface area contributed by atoms with Crippen LogP contribution in [0.2, 0.25) is 10.0 Å². The standard InChI is InChI=1S/C13H17Cl2N/c1-2-3-4-5-11(16)8-10-6-7-12(14)13(15)9-10/h2,6-7,9,11H,1,3-5,8,16H2. The van der Waals surface area contributed by atoms with E-state index < -0.39 is 0 Å². The fraction of sp³-hybridized carbons (Fsp3) is 0.385. The minimum Gasteiger partial charge on any atom is -0.327 e. The monoisotopic (exact) mass is 257 g/mol. The molecule has 0 aromatic heterocycles. The van der Waals surface area contributed by atoms with E-state index in [2.05, 4.69) is 6.58 Å². The summed E-state index contributed by atoms with van der Waals surface area (Å²) in [6.07, 6.45) is 5.88. The van der Waals surface area contributed by atoms with Gasteiger partial charge in [0.15, 0.2) is 0 Å². The van der Waals surface area contributed by atoms with Crippen molar-refractivity contribution in [1.29, 1.82) is 0 Å². The third-order valence-corrected chi connectivity index (χ3v) is 3.20. The first-order valence-electron chi connectivity index (χ1n) is 5.44. The second kappa shape index (κ2) is 6.95. The third-order valence-electron chi connectivity index (χ3n) is 2.47. The van der Waals surface area contributed by atoms with Crippen LogP contribution < -0.4 is 5.73 Å². The largest absolute Gasteiger partial charge is 0.327 e. The van der Waals surface area contributed by atoms with E-state index in [4.69, 9.17) is 28.9 Å². The molecule has 2 N–H and O–H groups in total. The molecule has 0 saturated heterocycles. The number of rotatable bonds is 6. The summed E-state index contributed by atoms with van der Waals surface area (Å²) in [4.78, 5) is 0. The smallest absolute Gasteiger partial charge is 0.0595 e. The van der Waals surface area contributed by atoms with Crippen molar-refractivity contribution in [2.45, 2.75) is 31.7 Å². The number of hydrogen-bond donors (Lipinski definition) is 1. The fourth-order valence-electron chi connectivity index (χ4n) is 1.60. The lowest BCUT2D eigenvalue weighted by Crippen LogP contribution is -2.22. The Balaban J connectivity index is 2.46. The van der Waals surface area contributed by atoms with Crippen molar-refractivity contribution in [3.05, 3.63) is 46.5 Å². The lowest BCUT2D eigenvalue weighted by molar-refractivity contribution is 0.584. The summed E-state index contributed by atoms with van der Waals surface area (Å²) in [5.74, 6) is 0. The third kappa shape index (κ3) is 4.56.